The smallest absolute Gasteiger partial charge is 0.254 e. The number of benzene rings is 2. The number of fused-ring (bicyclic) bond motifs is 1. The van der Waals surface area contributed by atoms with Crippen molar-refractivity contribution in [2.75, 3.05) is 12.8 Å². The van der Waals surface area contributed by atoms with Gasteiger partial charge in [-0.05, 0) is 24.3 Å². The fourth-order valence-corrected chi connectivity index (χ4v) is 3.62. The molecular weight excluding hydrogens is 348 g/mol. The molecule has 2 aromatic carbocycles. The number of aromatic nitrogens is 3. The van der Waals surface area contributed by atoms with E-state index in [1.54, 1.807) is 35.4 Å². The van der Waals surface area contributed by atoms with Crippen LogP contribution in [0.4, 0.5) is 0 Å². The van der Waals surface area contributed by atoms with Crippen molar-refractivity contribution < 1.29 is 9.00 Å². The van der Waals surface area contributed by atoms with Gasteiger partial charge < -0.3 is 9.47 Å². The Morgan fingerprint density at radius 1 is 1.00 bits per heavy atom. The van der Waals surface area contributed by atoms with E-state index < -0.39 is 10.8 Å². The van der Waals surface area contributed by atoms with Crippen LogP contribution in [0.5, 0.6) is 0 Å². The topological polar surface area (TPSA) is 68.1 Å². The van der Waals surface area contributed by atoms with Crippen molar-refractivity contribution >= 4 is 16.7 Å². The van der Waals surface area contributed by atoms with Gasteiger partial charge in [-0.15, -0.1) is 10.2 Å². The SMILES string of the molecule is CS(=O)c1ccc(C(=O)N2CCn3c(nnc3-c3ccccc3)C2)cc1. The van der Waals surface area contributed by atoms with Crippen LogP contribution in [0.2, 0.25) is 0 Å². The standard InChI is InChI=1S/C19H18N4O2S/c1-26(25)16-9-7-15(8-10-16)19(24)22-11-12-23-17(13-22)20-21-18(23)14-5-3-2-4-6-14/h2-10H,11-13H2,1H3. The predicted molar refractivity (Wildman–Crippen MR) is 99.0 cm³/mol. The predicted octanol–water partition coefficient (Wildman–Crippen LogP) is 2.34. The number of carbonyl (C=O) groups excluding carboxylic acids is 1. The highest BCUT2D eigenvalue weighted by atomic mass is 32.2. The van der Waals surface area contributed by atoms with E-state index in [1.165, 1.54) is 0 Å². The van der Waals surface area contributed by atoms with Gasteiger partial charge in [0.05, 0.1) is 6.54 Å². The molecule has 0 saturated heterocycles. The lowest BCUT2D eigenvalue weighted by Gasteiger charge is -2.28. The summed E-state index contributed by atoms with van der Waals surface area (Å²) in [6.45, 7) is 1.70. The van der Waals surface area contributed by atoms with E-state index in [2.05, 4.69) is 14.8 Å². The maximum Gasteiger partial charge on any atom is 0.254 e. The lowest BCUT2D eigenvalue weighted by atomic mass is 10.1. The molecular formula is C19H18N4O2S. The van der Waals surface area contributed by atoms with Gasteiger partial charge in [0.15, 0.2) is 11.6 Å². The van der Waals surface area contributed by atoms with E-state index in [1.807, 2.05) is 30.3 Å². The Hall–Kier alpha value is -2.80. The number of rotatable bonds is 3. The van der Waals surface area contributed by atoms with Gasteiger partial charge in [-0.1, -0.05) is 30.3 Å². The summed E-state index contributed by atoms with van der Waals surface area (Å²) in [5, 5.41) is 8.58. The van der Waals surface area contributed by atoms with Gasteiger partial charge in [-0.2, -0.15) is 0 Å². The van der Waals surface area contributed by atoms with Crippen LogP contribution in [0, 0.1) is 0 Å². The monoisotopic (exact) mass is 366 g/mol. The summed E-state index contributed by atoms with van der Waals surface area (Å²) in [5.74, 6) is 1.58. The summed E-state index contributed by atoms with van der Waals surface area (Å²) in [6, 6.07) is 16.9. The van der Waals surface area contributed by atoms with Gasteiger partial charge in [0.25, 0.3) is 5.91 Å². The van der Waals surface area contributed by atoms with E-state index in [4.69, 9.17) is 0 Å². The molecule has 2 heterocycles. The highest BCUT2D eigenvalue weighted by molar-refractivity contribution is 7.84. The molecule has 3 aromatic rings. The number of hydrogen-bond acceptors (Lipinski definition) is 4. The van der Waals surface area contributed by atoms with E-state index in [0.29, 0.717) is 30.1 Å². The highest BCUT2D eigenvalue weighted by Gasteiger charge is 2.25. The molecule has 0 bridgehead atoms. The molecule has 0 radical (unpaired) electrons. The second kappa shape index (κ2) is 6.84. The zero-order valence-corrected chi connectivity index (χ0v) is 15.1. The van der Waals surface area contributed by atoms with Crippen LogP contribution in [0.3, 0.4) is 0 Å². The average Bonchev–Trinajstić information content (AvgIpc) is 3.11. The van der Waals surface area contributed by atoms with E-state index in [9.17, 15) is 9.00 Å². The van der Waals surface area contributed by atoms with Gasteiger partial charge in [0.1, 0.15) is 0 Å². The summed E-state index contributed by atoms with van der Waals surface area (Å²) in [6.07, 6.45) is 1.62. The van der Waals surface area contributed by atoms with Gasteiger partial charge >= 0.3 is 0 Å². The summed E-state index contributed by atoms with van der Waals surface area (Å²) in [4.78, 5) is 15.2. The Morgan fingerprint density at radius 2 is 1.73 bits per heavy atom. The largest absolute Gasteiger partial charge is 0.329 e. The fourth-order valence-electron chi connectivity index (χ4n) is 3.10. The highest BCUT2D eigenvalue weighted by Crippen LogP contribution is 2.22. The first-order valence-electron chi connectivity index (χ1n) is 8.34. The van der Waals surface area contributed by atoms with Crippen molar-refractivity contribution in [1.29, 1.82) is 0 Å². The van der Waals surface area contributed by atoms with Crippen molar-refractivity contribution in [2.24, 2.45) is 0 Å². The molecule has 1 amide bonds. The van der Waals surface area contributed by atoms with Crippen LogP contribution >= 0.6 is 0 Å². The van der Waals surface area contributed by atoms with Crippen LogP contribution in [0.1, 0.15) is 16.2 Å². The Balaban J connectivity index is 1.54. The summed E-state index contributed by atoms with van der Waals surface area (Å²) < 4.78 is 13.6. The van der Waals surface area contributed by atoms with Crippen LogP contribution in [0.25, 0.3) is 11.4 Å². The van der Waals surface area contributed by atoms with E-state index in [0.717, 1.165) is 17.2 Å². The normalized spacial score (nSPS) is 14.7. The number of hydrogen-bond donors (Lipinski definition) is 0. The first-order chi connectivity index (χ1) is 12.6. The van der Waals surface area contributed by atoms with Gasteiger partial charge in [-0.3, -0.25) is 9.00 Å². The molecule has 132 valence electrons. The maximum absolute atomic E-state index is 12.8. The Morgan fingerprint density at radius 3 is 2.42 bits per heavy atom. The molecule has 1 unspecified atom stereocenters. The molecule has 1 aliphatic rings. The zero-order chi connectivity index (χ0) is 18.1. The van der Waals surface area contributed by atoms with Gasteiger partial charge in [0.2, 0.25) is 0 Å². The van der Waals surface area contributed by atoms with Crippen LogP contribution in [-0.4, -0.2) is 42.6 Å². The lowest BCUT2D eigenvalue weighted by Crippen LogP contribution is -2.38. The third-order valence-corrected chi connectivity index (χ3v) is 5.44. The molecule has 0 fully saturated rings. The molecule has 7 heteroatoms. The summed E-state index contributed by atoms with van der Waals surface area (Å²) in [7, 11) is -1.05. The van der Waals surface area contributed by atoms with Gasteiger partial charge in [0, 0.05) is 46.2 Å². The Bertz CT molecular complexity index is 967. The van der Waals surface area contributed by atoms with Crippen molar-refractivity contribution in [1.82, 2.24) is 19.7 Å². The zero-order valence-electron chi connectivity index (χ0n) is 14.3. The van der Waals surface area contributed by atoms with E-state index >= 15 is 0 Å². The van der Waals surface area contributed by atoms with Crippen molar-refractivity contribution in [3.05, 3.63) is 66.0 Å². The van der Waals surface area contributed by atoms with Crippen molar-refractivity contribution in [3.8, 4) is 11.4 Å². The Kier molecular flexibility index (Phi) is 4.38. The third kappa shape index (κ3) is 3.06. The second-order valence-electron chi connectivity index (χ2n) is 6.16. The molecule has 0 aliphatic carbocycles. The lowest BCUT2D eigenvalue weighted by molar-refractivity contribution is 0.0708. The van der Waals surface area contributed by atoms with Crippen molar-refractivity contribution in [3.63, 3.8) is 0 Å². The molecule has 6 nitrogen and oxygen atoms in total. The van der Waals surface area contributed by atoms with Crippen LogP contribution < -0.4 is 0 Å². The Labute approximate surface area is 153 Å². The second-order valence-corrected chi connectivity index (χ2v) is 7.54. The van der Waals surface area contributed by atoms with Crippen LogP contribution in [0.15, 0.2) is 59.5 Å². The number of nitrogens with zero attached hydrogens (tertiary/aromatic N) is 4. The minimum atomic E-state index is -1.05. The summed E-state index contributed by atoms with van der Waals surface area (Å²) >= 11 is 0. The number of amides is 1. The molecule has 0 N–H and O–H groups in total. The van der Waals surface area contributed by atoms with Crippen LogP contribution in [-0.2, 0) is 23.9 Å². The first kappa shape index (κ1) is 16.7. The molecule has 1 aromatic heterocycles. The van der Waals surface area contributed by atoms with E-state index in [-0.39, 0.29) is 5.91 Å². The minimum absolute atomic E-state index is 0.0473. The third-order valence-electron chi connectivity index (χ3n) is 4.51. The molecule has 4 rings (SSSR count). The van der Waals surface area contributed by atoms with Gasteiger partial charge in [-0.25, -0.2) is 0 Å². The molecule has 0 saturated carbocycles. The average molecular weight is 366 g/mol. The molecule has 0 spiro atoms. The summed E-state index contributed by atoms with van der Waals surface area (Å²) in [5.41, 5.74) is 1.62. The minimum Gasteiger partial charge on any atom is -0.329 e. The quantitative estimate of drug-likeness (QED) is 0.713. The first-order valence-corrected chi connectivity index (χ1v) is 9.89. The molecule has 1 aliphatic heterocycles. The molecule has 26 heavy (non-hydrogen) atoms. The molecule has 1 atom stereocenters. The maximum atomic E-state index is 12.8. The number of carbonyl (C=O) groups is 1. The van der Waals surface area contributed by atoms with Crippen molar-refractivity contribution in [2.45, 2.75) is 18.0 Å². The fraction of sp³-hybridized carbons (Fsp3) is 0.211.